The number of nitrogens with two attached hydrogens (primary N) is 1. The van der Waals surface area contributed by atoms with Gasteiger partial charge in [0.2, 0.25) is 23.6 Å². The number of carbonyl (C=O) groups is 4. The summed E-state index contributed by atoms with van der Waals surface area (Å²) in [7, 11) is 0. The number of carbonyl (C=O) groups excluding carboxylic acids is 4. The lowest BCUT2D eigenvalue weighted by Gasteiger charge is -2.25. The van der Waals surface area contributed by atoms with Crippen LogP contribution in [0.1, 0.15) is 41.5 Å². The lowest BCUT2D eigenvalue weighted by molar-refractivity contribution is -0.133. The second-order valence-corrected chi connectivity index (χ2v) is 6.29. The quantitative estimate of drug-likeness (QED) is 0.468. The third-order valence-corrected chi connectivity index (χ3v) is 3.33. The van der Waals surface area contributed by atoms with E-state index in [2.05, 4.69) is 16.0 Å². The summed E-state index contributed by atoms with van der Waals surface area (Å²) in [5.74, 6) is -2.24. The molecule has 8 nitrogen and oxygen atoms in total. The van der Waals surface area contributed by atoms with Crippen LogP contribution in [0.15, 0.2) is 0 Å². The molecule has 132 valence electrons. The van der Waals surface area contributed by atoms with E-state index in [0.29, 0.717) is 0 Å². The predicted octanol–water partition coefficient (Wildman–Crippen LogP) is -0.722. The van der Waals surface area contributed by atoms with Crippen LogP contribution in [0.25, 0.3) is 0 Å². The van der Waals surface area contributed by atoms with Crippen molar-refractivity contribution >= 4 is 23.6 Å². The van der Waals surface area contributed by atoms with Gasteiger partial charge in [0.05, 0.1) is 0 Å². The van der Waals surface area contributed by atoms with Gasteiger partial charge in [-0.15, -0.1) is 0 Å². The molecule has 0 unspecified atom stereocenters. The van der Waals surface area contributed by atoms with Crippen LogP contribution in [-0.2, 0) is 19.2 Å². The molecule has 0 aliphatic heterocycles. The molecule has 0 saturated carbocycles. The van der Waals surface area contributed by atoms with Crippen LogP contribution < -0.4 is 21.7 Å². The molecule has 4 amide bonds. The molecule has 23 heavy (non-hydrogen) atoms. The van der Waals surface area contributed by atoms with Crippen LogP contribution >= 0.6 is 0 Å². The summed E-state index contributed by atoms with van der Waals surface area (Å²) in [5.41, 5.74) is 5.24. The van der Waals surface area contributed by atoms with E-state index in [1.165, 1.54) is 13.8 Å². The normalized spacial score (nSPS) is 14.8. The summed E-state index contributed by atoms with van der Waals surface area (Å²) < 4.78 is 0. The summed E-state index contributed by atoms with van der Waals surface area (Å²) in [4.78, 5) is 46.8. The van der Waals surface area contributed by atoms with Crippen molar-refractivity contribution in [2.75, 3.05) is 0 Å². The van der Waals surface area contributed by atoms with Gasteiger partial charge in [-0.3, -0.25) is 19.2 Å². The van der Waals surface area contributed by atoms with E-state index in [0.717, 1.165) is 0 Å². The van der Waals surface area contributed by atoms with E-state index >= 15 is 0 Å². The van der Waals surface area contributed by atoms with E-state index in [1.54, 1.807) is 27.7 Å². The highest BCUT2D eigenvalue weighted by molar-refractivity contribution is 5.93. The molecule has 0 fully saturated rings. The fourth-order valence-corrected chi connectivity index (χ4v) is 1.97. The largest absolute Gasteiger partial charge is 0.368 e. The van der Waals surface area contributed by atoms with Crippen LogP contribution in [0.5, 0.6) is 0 Å². The molecular formula is C15H28N4O4. The molecular weight excluding hydrogens is 300 g/mol. The Balaban J connectivity index is 4.80. The van der Waals surface area contributed by atoms with Crippen molar-refractivity contribution in [3.05, 3.63) is 0 Å². The summed E-state index contributed by atoms with van der Waals surface area (Å²) in [6, 6.07) is -2.41. The van der Waals surface area contributed by atoms with Crippen molar-refractivity contribution in [1.82, 2.24) is 16.0 Å². The van der Waals surface area contributed by atoms with Crippen LogP contribution in [0, 0.1) is 11.8 Å². The Morgan fingerprint density at radius 2 is 1.22 bits per heavy atom. The van der Waals surface area contributed by atoms with Gasteiger partial charge < -0.3 is 21.7 Å². The molecule has 0 aliphatic carbocycles. The van der Waals surface area contributed by atoms with Crippen LogP contribution in [-0.4, -0.2) is 41.8 Å². The maximum Gasteiger partial charge on any atom is 0.243 e. The number of rotatable bonds is 8. The fraction of sp³-hybridized carbons (Fsp3) is 0.733. The molecule has 5 N–H and O–H groups in total. The minimum absolute atomic E-state index is 0.136. The Hall–Kier alpha value is -2.12. The third kappa shape index (κ3) is 7.12. The van der Waals surface area contributed by atoms with Crippen molar-refractivity contribution in [3.63, 3.8) is 0 Å². The molecule has 3 atom stereocenters. The van der Waals surface area contributed by atoms with E-state index in [9.17, 15) is 19.2 Å². The topological polar surface area (TPSA) is 130 Å². The van der Waals surface area contributed by atoms with Gasteiger partial charge >= 0.3 is 0 Å². The molecule has 0 saturated heterocycles. The van der Waals surface area contributed by atoms with E-state index < -0.39 is 35.8 Å². The average Bonchev–Trinajstić information content (AvgIpc) is 2.40. The zero-order valence-electron chi connectivity index (χ0n) is 14.6. The lowest BCUT2D eigenvalue weighted by atomic mass is 10.0. The number of primary amides is 1. The molecule has 0 spiro atoms. The van der Waals surface area contributed by atoms with E-state index in [1.807, 2.05) is 0 Å². The van der Waals surface area contributed by atoms with Crippen molar-refractivity contribution in [1.29, 1.82) is 0 Å². The highest BCUT2D eigenvalue weighted by atomic mass is 16.2. The minimum Gasteiger partial charge on any atom is -0.368 e. The third-order valence-electron chi connectivity index (χ3n) is 3.33. The van der Waals surface area contributed by atoms with Crippen LogP contribution in [0.3, 0.4) is 0 Å². The molecule has 0 radical (unpaired) electrons. The number of hydrogen-bond acceptors (Lipinski definition) is 4. The summed E-state index contributed by atoms with van der Waals surface area (Å²) in [6.07, 6.45) is 0. The fourth-order valence-electron chi connectivity index (χ4n) is 1.97. The standard InChI is InChI=1S/C15H28N4O4/c1-7(2)11(13(16)21)19-14(22)9(5)17-15(23)12(8(3)4)18-10(6)20/h7-9,11-12H,1-6H3,(H2,16,21)(H,17,23)(H,18,20)(H,19,22)/t9-,11-,12-/m0/s1. The first kappa shape index (κ1) is 20.9. The van der Waals surface area contributed by atoms with Crippen molar-refractivity contribution in [2.45, 2.75) is 59.7 Å². The van der Waals surface area contributed by atoms with Gasteiger partial charge in [-0.1, -0.05) is 27.7 Å². The zero-order chi connectivity index (χ0) is 18.3. The van der Waals surface area contributed by atoms with Gasteiger partial charge in [0.1, 0.15) is 18.1 Å². The zero-order valence-corrected chi connectivity index (χ0v) is 14.6. The average molecular weight is 328 g/mol. The Morgan fingerprint density at radius 3 is 1.57 bits per heavy atom. The first-order valence-electron chi connectivity index (χ1n) is 7.64. The molecule has 0 heterocycles. The molecule has 8 heteroatoms. The van der Waals surface area contributed by atoms with Gasteiger partial charge in [0, 0.05) is 6.92 Å². The first-order valence-corrected chi connectivity index (χ1v) is 7.64. The van der Waals surface area contributed by atoms with Gasteiger partial charge in [-0.25, -0.2) is 0 Å². The first-order chi connectivity index (χ1) is 10.5. The van der Waals surface area contributed by atoms with Crippen molar-refractivity contribution in [2.24, 2.45) is 17.6 Å². The predicted molar refractivity (Wildman–Crippen MR) is 86.0 cm³/mol. The highest BCUT2D eigenvalue weighted by Gasteiger charge is 2.28. The Bertz CT molecular complexity index is 462. The number of hydrogen-bond donors (Lipinski definition) is 4. The smallest absolute Gasteiger partial charge is 0.243 e. The van der Waals surface area contributed by atoms with E-state index in [-0.39, 0.29) is 17.7 Å². The molecule has 0 aliphatic rings. The van der Waals surface area contributed by atoms with Gasteiger partial charge in [-0.2, -0.15) is 0 Å². The molecule has 0 rings (SSSR count). The van der Waals surface area contributed by atoms with Gasteiger partial charge in [-0.05, 0) is 18.8 Å². The summed E-state index contributed by atoms with van der Waals surface area (Å²) in [5, 5.41) is 7.59. The Morgan fingerprint density at radius 1 is 0.739 bits per heavy atom. The number of nitrogens with one attached hydrogen (secondary N) is 3. The van der Waals surface area contributed by atoms with E-state index in [4.69, 9.17) is 5.73 Å². The minimum atomic E-state index is -0.863. The molecule has 0 bridgehead atoms. The van der Waals surface area contributed by atoms with Crippen molar-refractivity contribution < 1.29 is 19.2 Å². The summed E-state index contributed by atoms with van der Waals surface area (Å²) >= 11 is 0. The molecule has 0 aromatic heterocycles. The lowest BCUT2D eigenvalue weighted by Crippen LogP contribution is -2.57. The highest BCUT2D eigenvalue weighted by Crippen LogP contribution is 2.04. The second-order valence-electron chi connectivity index (χ2n) is 6.29. The maximum atomic E-state index is 12.2. The van der Waals surface area contributed by atoms with Gasteiger partial charge in [0.25, 0.3) is 0 Å². The molecule has 0 aromatic carbocycles. The SMILES string of the molecule is CC(=O)N[C@H](C(=O)N[C@@H](C)C(=O)N[C@H](C(N)=O)C(C)C)C(C)C. The van der Waals surface area contributed by atoms with Crippen LogP contribution in [0.4, 0.5) is 0 Å². The Labute approximate surface area is 136 Å². The second kappa shape index (κ2) is 9.12. The van der Waals surface area contributed by atoms with Crippen molar-refractivity contribution in [3.8, 4) is 0 Å². The molecule has 0 aromatic rings. The summed E-state index contributed by atoms with van der Waals surface area (Å²) in [6.45, 7) is 9.89. The monoisotopic (exact) mass is 328 g/mol. The Kier molecular flexibility index (Phi) is 8.28. The number of amides is 4. The maximum absolute atomic E-state index is 12.2. The van der Waals surface area contributed by atoms with Gasteiger partial charge in [0.15, 0.2) is 0 Å². The van der Waals surface area contributed by atoms with Crippen LogP contribution in [0.2, 0.25) is 0 Å².